The highest BCUT2D eigenvalue weighted by atomic mass is 16.6. The van der Waals surface area contributed by atoms with Crippen LogP contribution < -0.4 is 5.32 Å². The van der Waals surface area contributed by atoms with Crippen molar-refractivity contribution in [1.82, 2.24) is 15.4 Å². The van der Waals surface area contributed by atoms with Gasteiger partial charge in [-0.25, -0.2) is 4.79 Å². The lowest BCUT2D eigenvalue weighted by Gasteiger charge is -2.35. The zero-order valence-corrected chi connectivity index (χ0v) is 15.8. The molecule has 1 N–H and O–H groups in total. The topological polar surface area (TPSA) is 67.6 Å². The van der Waals surface area contributed by atoms with Crippen LogP contribution in [0.4, 0.5) is 4.79 Å². The fraction of sp³-hybridized carbons (Fsp3) is 0.778. The second-order valence-corrected chi connectivity index (χ2v) is 7.84. The number of nitrogens with zero attached hydrogens (tertiary/aromatic N) is 2. The molecule has 1 aliphatic heterocycles. The van der Waals surface area contributed by atoms with E-state index in [-0.39, 0.29) is 6.09 Å². The van der Waals surface area contributed by atoms with Gasteiger partial charge in [-0.15, -0.1) is 0 Å². The number of hydrogen-bond acceptors (Lipinski definition) is 5. The molecule has 1 aromatic rings. The van der Waals surface area contributed by atoms with Crippen LogP contribution in [0.2, 0.25) is 0 Å². The monoisotopic (exact) mass is 337 g/mol. The smallest absolute Gasteiger partial charge is 0.410 e. The molecule has 1 amide bonds. The summed E-state index contributed by atoms with van der Waals surface area (Å²) in [5.41, 5.74) is 1.68. The second-order valence-electron chi connectivity index (χ2n) is 7.84. The number of rotatable bonds is 4. The van der Waals surface area contributed by atoms with E-state index < -0.39 is 5.60 Å². The molecule has 1 aliphatic rings. The van der Waals surface area contributed by atoms with Gasteiger partial charge in [-0.3, -0.25) is 0 Å². The molecule has 0 unspecified atom stereocenters. The Morgan fingerprint density at radius 1 is 1.46 bits per heavy atom. The highest BCUT2D eigenvalue weighted by Gasteiger charge is 2.28. The third-order valence-electron chi connectivity index (χ3n) is 4.28. The van der Waals surface area contributed by atoms with Crippen LogP contribution in [0, 0.1) is 13.8 Å². The number of carbonyl (C=O) groups is 1. The maximum Gasteiger partial charge on any atom is 0.410 e. The second kappa shape index (κ2) is 7.55. The molecule has 6 nitrogen and oxygen atoms in total. The molecule has 136 valence electrons. The number of aromatic nitrogens is 1. The molecule has 1 saturated heterocycles. The Morgan fingerprint density at radius 2 is 2.17 bits per heavy atom. The quantitative estimate of drug-likeness (QED) is 0.914. The van der Waals surface area contributed by atoms with Crippen molar-refractivity contribution < 1.29 is 14.1 Å². The van der Waals surface area contributed by atoms with Crippen molar-refractivity contribution in [2.24, 2.45) is 0 Å². The molecule has 2 rings (SSSR count). The molecule has 0 aliphatic carbocycles. The Balaban J connectivity index is 1.87. The van der Waals surface area contributed by atoms with E-state index >= 15 is 0 Å². The Kier molecular flexibility index (Phi) is 5.91. The first kappa shape index (κ1) is 18.8. The summed E-state index contributed by atoms with van der Waals surface area (Å²) in [5.74, 6) is 0.889. The zero-order valence-electron chi connectivity index (χ0n) is 15.8. The Hall–Kier alpha value is -1.56. The van der Waals surface area contributed by atoms with Crippen molar-refractivity contribution in [2.45, 2.75) is 78.5 Å². The lowest BCUT2D eigenvalue weighted by molar-refractivity contribution is 0.0184. The van der Waals surface area contributed by atoms with Gasteiger partial charge in [0.05, 0.1) is 5.69 Å². The molecule has 1 aromatic heterocycles. The zero-order chi connectivity index (χ0) is 17.9. The van der Waals surface area contributed by atoms with Crippen molar-refractivity contribution in [3.8, 4) is 0 Å². The minimum atomic E-state index is -0.450. The maximum absolute atomic E-state index is 12.2. The minimum Gasteiger partial charge on any atom is -0.444 e. The number of piperidine rings is 1. The van der Waals surface area contributed by atoms with Crippen LogP contribution in [0.3, 0.4) is 0 Å². The van der Waals surface area contributed by atoms with Gasteiger partial charge in [0, 0.05) is 30.7 Å². The van der Waals surface area contributed by atoms with Crippen LogP contribution in [0.25, 0.3) is 0 Å². The van der Waals surface area contributed by atoms with Gasteiger partial charge in [0.2, 0.25) is 0 Å². The van der Waals surface area contributed by atoms with Gasteiger partial charge < -0.3 is 19.5 Å². The van der Waals surface area contributed by atoms with E-state index in [0.717, 1.165) is 37.3 Å². The Bertz CT molecular complexity index is 543. The van der Waals surface area contributed by atoms with E-state index in [0.29, 0.717) is 18.6 Å². The maximum atomic E-state index is 12.2. The van der Waals surface area contributed by atoms with E-state index in [9.17, 15) is 4.79 Å². The molecule has 2 atom stereocenters. The number of aryl methyl sites for hydroxylation is 2. The average molecular weight is 337 g/mol. The van der Waals surface area contributed by atoms with E-state index in [4.69, 9.17) is 9.26 Å². The van der Waals surface area contributed by atoms with Crippen molar-refractivity contribution in [3.05, 3.63) is 17.0 Å². The van der Waals surface area contributed by atoms with Crippen LogP contribution >= 0.6 is 0 Å². The summed E-state index contributed by atoms with van der Waals surface area (Å²) < 4.78 is 10.7. The first-order chi connectivity index (χ1) is 11.2. The minimum absolute atomic E-state index is 0.215. The molecular formula is C18H31N3O3. The fourth-order valence-electron chi connectivity index (χ4n) is 3.17. The summed E-state index contributed by atoms with van der Waals surface area (Å²) in [4.78, 5) is 14.1. The molecule has 1 fully saturated rings. The molecule has 24 heavy (non-hydrogen) atoms. The molecule has 0 bridgehead atoms. The number of ether oxygens (including phenoxy) is 1. The van der Waals surface area contributed by atoms with Crippen LogP contribution in [-0.4, -0.2) is 46.9 Å². The molecule has 0 aromatic carbocycles. The van der Waals surface area contributed by atoms with E-state index in [2.05, 4.69) is 17.4 Å². The third-order valence-corrected chi connectivity index (χ3v) is 4.28. The fourth-order valence-corrected chi connectivity index (χ4v) is 3.17. The van der Waals surface area contributed by atoms with Crippen molar-refractivity contribution in [1.29, 1.82) is 0 Å². The lowest BCUT2D eigenvalue weighted by atomic mass is 10.0. The highest BCUT2D eigenvalue weighted by Crippen LogP contribution is 2.18. The number of amides is 1. The van der Waals surface area contributed by atoms with Gasteiger partial charge in [-0.1, -0.05) is 5.16 Å². The number of carbonyl (C=O) groups excluding carboxylic acids is 1. The van der Waals surface area contributed by atoms with E-state index in [1.165, 1.54) is 5.56 Å². The van der Waals surface area contributed by atoms with Crippen molar-refractivity contribution >= 4 is 6.09 Å². The van der Waals surface area contributed by atoms with Gasteiger partial charge in [0.1, 0.15) is 11.4 Å². The molecule has 0 saturated carbocycles. The normalized spacial score (nSPS) is 20.1. The van der Waals surface area contributed by atoms with Crippen LogP contribution in [0.5, 0.6) is 0 Å². The Morgan fingerprint density at radius 3 is 2.75 bits per heavy atom. The van der Waals surface area contributed by atoms with Crippen molar-refractivity contribution in [2.75, 3.05) is 13.1 Å². The summed E-state index contributed by atoms with van der Waals surface area (Å²) >= 11 is 0. The SMILES string of the molecule is Cc1noc(C)c1C[C@@H](C)N[C@@H]1CCCN(C(=O)OC(C)(C)C)C1. The third kappa shape index (κ3) is 5.23. The number of nitrogens with one attached hydrogen (secondary N) is 1. The molecule has 0 spiro atoms. The standard InChI is InChI=1S/C18H31N3O3/c1-12(10-16-13(2)20-24-14(16)3)19-15-8-7-9-21(11-15)17(22)23-18(4,5)6/h12,15,19H,7-11H2,1-6H3/t12-,15-/m1/s1. The first-order valence-electron chi connectivity index (χ1n) is 8.81. The summed E-state index contributed by atoms with van der Waals surface area (Å²) in [5, 5.41) is 7.65. The van der Waals surface area contributed by atoms with Crippen molar-refractivity contribution in [3.63, 3.8) is 0 Å². The predicted octanol–water partition coefficient (Wildman–Crippen LogP) is 3.21. The van der Waals surface area contributed by atoms with Gasteiger partial charge in [0.25, 0.3) is 0 Å². The largest absolute Gasteiger partial charge is 0.444 e. The molecular weight excluding hydrogens is 306 g/mol. The van der Waals surface area contributed by atoms with Gasteiger partial charge in [0.15, 0.2) is 0 Å². The predicted molar refractivity (Wildman–Crippen MR) is 93.1 cm³/mol. The van der Waals surface area contributed by atoms with Crippen LogP contribution in [0.15, 0.2) is 4.52 Å². The van der Waals surface area contributed by atoms with Gasteiger partial charge in [-0.2, -0.15) is 0 Å². The van der Waals surface area contributed by atoms with E-state index in [1.54, 1.807) is 0 Å². The van der Waals surface area contributed by atoms with Crippen LogP contribution in [0.1, 0.15) is 57.6 Å². The molecule has 0 radical (unpaired) electrons. The number of likely N-dealkylation sites (tertiary alicyclic amines) is 1. The Labute approximate surface area is 144 Å². The highest BCUT2D eigenvalue weighted by molar-refractivity contribution is 5.68. The van der Waals surface area contributed by atoms with Gasteiger partial charge in [-0.05, 0) is 60.8 Å². The summed E-state index contributed by atoms with van der Waals surface area (Å²) in [6.45, 7) is 13.3. The first-order valence-corrected chi connectivity index (χ1v) is 8.81. The average Bonchev–Trinajstić information content (AvgIpc) is 2.77. The lowest BCUT2D eigenvalue weighted by Crippen LogP contribution is -2.51. The summed E-state index contributed by atoms with van der Waals surface area (Å²) in [6, 6.07) is 0.590. The summed E-state index contributed by atoms with van der Waals surface area (Å²) in [6.07, 6.45) is 2.73. The molecule has 6 heteroatoms. The van der Waals surface area contributed by atoms with Crippen LogP contribution in [-0.2, 0) is 11.2 Å². The summed E-state index contributed by atoms with van der Waals surface area (Å²) in [7, 11) is 0. The van der Waals surface area contributed by atoms with E-state index in [1.807, 2.05) is 39.5 Å². The molecule has 2 heterocycles. The number of hydrogen-bond donors (Lipinski definition) is 1. The van der Waals surface area contributed by atoms with Gasteiger partial charge >= 0.3 is 6.09 Å².